The number of benzene rings is 1. The summed E-state index contributed by atoms with van der Waals surface area (Å²) in [6, 6.07) is 9.94. The van der Waals surface area contributed by atoms with Crippen LogP contribution in [-0.2, 0) is 0 Å². The van der Waals surface area contributed by atoms with Crippen LogP contribution in [-0.4, -0.2) is 17.0 Å². The van der Waals surface area contributed by atoms with E-state index in [4.69, 9.17) is 4.74 Å². The number of pyridine rings is 1. The predicted octanol–water partition coefficient (Wildman–Crippen LogP) is 3.13. The summed E-state index contributed by atoms with van der Waals surface area (Å²) in [5.41, 5.74) is 0.622. The van der Waals surface area contributed by atoms with E-state index in [1.165, 1.54) is 6.07 Å². The lowest BCUT2D eigenvalue weighted by Gasteiger charge is -2.07. The minimum atomic E-state index is -0.418. The van der Waals surface area contributed by atoms with E-state index in [-0.39, 0.29) is 5.69 Å². The number of hydrogen-bond donors (Lipinski definition) is 1. The van der Waals surface area contributed by atoms with Gasteiger partial charge in [-0.1, -0.05) is 6.07 Å². The Morgan fingerprint density at radius 2 is 2.11 bits per heavy atom. The number of aryl methyl sites for hydroxylation is 1. The van der Waals surface area contributed by atoms with Gasteiger partial charge in [-0.15, -0.1) is 0 Å². The molecule has 1 N–H and O–H groups in total. The molecule has 6 nitrogen and oxygen atoms in total. The molecule has 0 spiro atoms. The summed E-state index contributed by atoms with van der Waals surface area (Å²) < 4.78 is 5.56. The van der Waals surface area contributed by atoms with E-state index in [0.717, 1.165) is 0 Å². The maximum Gasteiger partial charge on any atom is 0.272 e. The van der Waals surface area contributed by atoms with Crippen molar-refractivity contribution < 1.29 is 9.66 Å². The number of nitro benzene ring substituents is 1. The zero-order valence-electron chi connectivity index (χ0n) is 10.6. The minimum Gasteiger partial charge on any atom is -0.439 e. The van der Waals surface area contributed by atoms with E-state index < -0.39 is 4.92 Å². The largest absolute Gasteiger partial charge is 0.439 e. The highest BCUT2D eigenvalue weighted by Crippen LogP contribution is 2.26. The maximum atomic E-state index is 10.7. The molecule has 0 unspecified atom stereocenters. The number of nitro groups is 1. The quantitative estimate of drug-likeness (QED) is 0.674. The van der Waals surface area contributed by atoms with Gasteiger partial charge in [0, 0.05) is 24.7 Å². The monoisotopic (exact) mass is 259 g/mol. The Morgan fingerprint density at radius 3 is 2.74 bits per heavy atom. The number of rotatable bonds is 4. The second-order valence-corrected chi connectivity index (χ2v) is 3.92. The van der Waals surface area contributed by atoms with Gasteiger partial charge in [0.25, 0.3) is 5.69 Å². The summed E-state index contributed by atoms with van der Waals surface area (Å²) in [5, 5.41) is 13.6. The first-order chi connectivity index (χ1) is 9.10. The van der Waals surface area contributed by atoms with Crippen LogP contribution in [0.5, 0.6) is 11.6 Å². The molecule has 0 saturated heterocycles. The molecule has 98 valence electrons. The van der Waals surface area contributed by atoms with Crippen LogP contribution in [0.25, 0.3) is 0 Å². The lowest BCUT2D eigenvalue weighted by molar-refractivity contribution is -0.385. The van der Waals surface area contributed by atoms with E-state index in [0.29, 0.717) is 23.0 Å². The molecule has 0 aliphatic carbocycles. The first-order valence-corrected chi connectivity index (χ1v) is 5.68. The molecular formula is C13H13N3O3. The summed E-state index contributed by atoms with van der Waals surface area (Å²) >= 11 is 0. The average Bonchev–Trinajstić information content (AvgIpc) is 2.38. The van der Waals surface area contributed by atoms with Crippen LogP contribution in [0, 0.1) is 17.0 Å². The molecule has 1 aromatic carbocycles. The number of hydrogen-bond acceptors (Lipinski definition) is 5. The van der Waals surface area contributed by atoms with E-state index >= 15 is 0 Å². The van der Waals surface area contributed by atoms with Crippen molar-refractivity contribution in [1.82, 2.24) is 4.98 Å². The molecule has 0 amide bonds. The Bertz CT molecular complexity index is 614. The van der Waals surface area contributed by atoms with Crippen molar-refractivity contribution in [3.05, 3.63) is 52.1 Å². The highest BCUT2D eigenvalue weighted by molar-refractivity contribution is 5.45. The van der Waals surface area contributed by atoms with Crippen molar-refractivity contribution in [3.8, 4) is 11.6 Å². The van der Waals surface area contributed by atoms with Crippen LogP contribution in [0.15, 0.2) is 36.4 Å². The number of anilines is 1. The molecule has 2 rings (SSSR count). The molecular weight excluding hydrogens is 246 g/mol. The molecule has 0 bridgehead atoms. The normalized spacial score (nSPS) is 10.0. The smallest absolute Gasteiger partial charge is 0.272 e. The zero-order valence-corrected chi connectivity index (χ0v) is 10.6. The van der Waals surface area contributed by atoms with Gasteiger partial charge < -0.3 is 10.1 Å². The van der Waals surface area contributed by atoms with E-state index in [2.05, 4.69) is 10.3 Å². The van der Waals surface area contributed by atoms with Crippen LogP contribution in [0.4, 0.5) is 11.5 Å². The summed E-state index contributed by atoms with van der Waals surface area (Å²) in [5.74, 6) is 1.64. The zero-order chi connectivity index (χ0) is 13.8. The van der Waals surface area contributed by atoms with Crippen LogP contribution >= 0.6 is 0 Å². The number of nitrogens with zero attached hydrogens (tertiary/aromatic N) is 2. The number of aromatic nitrogens is 1. The topological polar surface area (TPSA) is 77.3 Å². The summed E-state index contributed by atoms with van der Waals surface area (Å²) in [7, 11) is 1.77. The highest BCUT2D eigenvalue weighted by Gasteiger charge is 2.11. The minimum absolute atomic E-state index is 0.0734. The molecule has 6 heteroatoms. The number of ether oxygens (including phenoxy) is 1. The van der Waals surface area contributed by atoms with Gasteiger partial charge in [0.05, 0.1) is 4.92 Å². The molecule has 0 atom stereocenters. The fraction of sp³-hybridized carbons (Fsp3) is 0.154. The lowest BCUT2D eigenvalue weighted by atomic mass is 10.2. The molecule has 0 saturated carbocycles. The van der Waals surface area contributed by atoms with Gasteiger partial charge in [-0.3, -0.25) is 10.1 Å². The van der Waals surface area contributed by atoms with Crippen molar-refractivity contribution in [2.24, 2.45) is 0 Å². The maximum absolute atomic E-state index is 10.7. The second kappa shape index (κ2) is 5.34. The third kappa shape index (κ3) is 2.98. The van der Waals surface area contributed by atoms with Crippen LogP contribution in [0.3, 0.4) is 0 Å². The Balaban J connectivity index is 2.23. The molecule has 0 aliphatic heterocycles. The third-order valence-electron chi connectivity index (χ3n) is 2.57. The van der Waals surface area contributed by atoms with Gasteiger partial charge in [0.1, 0.15) is 11.6 Å². The van der Waals surface area contributed by atoms with Crippen molar-refractivity contribution in [2.45, 2.75) is 6.92 Å². The van der Waals surface area contributed by atoms with Gasteiger partial charge in [0.15, 0.2) is 0 Å². The van der Waals surface area contributed by atoms with Crippen LogP contribution < -0.4 is 10.1 Å². The molecule has 0 fully saturated rings. The molecule has 2 aromatic rings. The number of nitrogens with one attached hydrogen (secondary N) is 1. The summed E-state index contributed by atoms with van der Waals surface area (Å²) in [6.45, 7) is 1.67. The van der Waals surface area contributed by atoms with Crippen molar-refractivity contribution >= 4 is 11.5 Å². The molecule has 0 aliphatic rings. The van der Waals surface area contributed by atoms with Gasteiger partial charge in [-0.05, 0) is 25.1 Å². The Labute approximate surface area is 110 Å². The van der Waals surface area contributed by atoms with Gasteiger partial charge in [-0.2, -0.15) is 4.98 Å². The van der Waals surface area contributed by atoms with Gasteiger partial charge >= 0.3 is 0 Å². The first kappa shape index (κ1) is 12.8. The van der Waals surface area contributed by atoms with Crippen LogP contribution in [0.1, 0.15) is 5.56 Å². The Morgan fingerprint density at radius 1 is 1.32 bits per heavy atom. The second-order valence-electron chi connectivity index (χ2n) is 3.92. The predicted molar refractivity (Wildman–Crippen MR) is 71.7 cm³/mol. The van der Waals surface area contributed by atoms with Gasteiger partial charge in [0.2, 0.25) is 5.88 Å². The third-order valence-corrected chi connectivity index (χ3v) is 2.57. The average molecular weight is 259 g/mol. The van der Waals surface area contributed by atoms with Gasteiger partial charge in [-0.25, -0.2) is 0 Å². The molecule has 1 aromatic heterocycles. The van der Waals surface area contributed by atoms with Crippen molar-refractivity contribution in [2.75, 3.05) is 12.4 Å². The Hall–Kier alpha value is -2.63. The van der Waals surface area contributed by atoms with Crippen LogP contribution in [0.2, 0.25) is 0 Å². The van der Waals surface area contributed by atoms with E-state index in [1.807, 2.05) is 12.1 Å². The molecule has 1 heterocycles. The van der Waals surface area contributed by atoms with Crippen molar-refractivity contribution in [3.63, 3.8) is 0 Å². The summed E-state index contributed by atoms with van der Waals surface area (Å²) in [6.07, 6.45) is 0. The summed E-state index contributed by atoms with van der Waals surface area (Å²) in [4.78, 5) is 14.5. The molecule has 19 heavy (non-hydrogen) atoms. The SMILES string of the molecule is CNc1cccc(Oc2ccc([N+](=O)[O-])c(C)c2)n1. The fourth-order valence-corrected chi connectivity index (χ4v) is 1.63. The highest BCUT2D eigenvalue weighted by atomic mass is 16.6. The fourth-order valence-electron chi connectivity index (χ4n) is 1.63. The molecule has 0 radical (unpaired) electrons. The standard InChI is InChI=1S/C13H13N3O3/c1-9-8-10(6-7-11(9)16(17)18)19-13-5-3-4-12(14-2)15-13/h3-8H,1-2H3,(H,14,15). The van der Waals surface area contributed by atoms with Crippen molar-refractivity contribution in [1.29, 1.82) is 0 Å². The van der Waals surface area contributed by atoms with E-state index in [9.17, 15) is 10.1 Å². The Kier molecular flexibility index (Phi) is 3.61. The van der Waals surface area contributed by atoms with E-state index in [1.54, 1.807) is 32.2 Å². The lowest BCUT2D eigenvalue weighted by Crippen LogP contribution is -1.95. The first-order valence-electron chi connectivity index (χ1n) is 5.68.